The van der Waals surface area contributed by atoms with Gasteiger partial charge in [0.15, 0.2) is 0 Å². The molecule has 2 aliphatic heterocycles. The van der Waals surface area contributed by atoms with E-state index in [9.17, 15) is 19.5 Å². The summed E-state index contributed by atoms with van der Waals surface area (Å²) in [5.74, 6) is -0.153. The van der Waals surface area contributed by atoms with Crippen LogP contribution in [0.15, 0.2) is 0 Å². The number of hydrogen-bond acceptors (Lipinski definition) is 4. The van der Waals surface area contributed by atoms with Crippen LogP contribution < -0.4 is 0 Å². The molecular weight excluding hydrogens is 314 g/mol. The summed E-state index contributed by atoms with van der Waals surface area (Å²) in [7, 11) is 0. The van der Waals surface area contributed by atoms with E-state index in [0.717, 1.165) is 4.90 Å². The molecule has 3 amide bonds. The molecule has 0 aromatic heterocycles. The minimum absolute atomic E-state index is 0.0511. The van der Waals surface area contributed by atoms with Crippen LogP contribution in [-0.4, -0.2) is 87.2 Å². The van der Waals surface area contributed by atoms with Gasteiger partial charge in [-0.3, -0.25) is 14.5 Å². The minimum Gasteiger partial charge on any atom is -0.465 e. The summed E-state index contributed by atoms with van der Waals surface area (Å²) in [6.45, 7) is 5.66. The first kappa shape index (κ1) is 18.5. The van der Waals surface area contributed by atoms with Gasteiger partial charge in [-0.15, -0.1) is 0 Å². The first-order valence-corrected chi connectivity index (χ1v) is 8.50. The SMILES string of the molecule is CC1C(=O)N(CCCC(=O)N2CCC(C)(O)CC2)CCN1C(=O)O. The second kappa shape index (κ2) is 7.38. The van der Waals surface area contributed by atoms with Crippen molar-refractivity contribution in [2.75, 3.05) is 32.7 Å². The molecule has 0 saturated carbocycles. The van der Waals surface area contributed by atoms with E-state index in [4.69, 9.17) is 5.11 Å². The van der Waals surface area contributed by atoms with Crippen molar-refractivity contribution in [3.05, 3.63) is 0 Å². The Hall–Kier alpha value is -1.83. The lowest BCUT2D eigenvalue weighted by atomic mass is 9.93. The van der Waals surface area contributed by atoms with Crippen LogP contribution >= 0.6 is 0 Å². The van der Waals surface area contributed by atoms with Crippen LogP contribution in [0.4, 0.5) is 4.79 Å². The lowest BCUT2D eigenvalue weighted by Gasteiger charge is -2.38. The lowest BCUT2D eigenvalue weighted by Crippen LogP contribution is -2.57. The number of aliphatic hydroxyl groups is 1. The van der Waals surface area contributed by atoms with E-state index in [0.29, 0.717) is 58.4 Å². The number of nitrogens with zero attached hydrogens (tertiary/aromatic N) is 3. The van der Waals surface area contributed by atoms with E-state index in [2.05, 4.69) is 0 Å². The fourth-order valence-corrected chi connectivity index (χ4v) is 3.23. The molecule has 0 radical (unpaired) electrons. The molecule has 2 N–H and O–H groups in total. The summed E-state index contributed by atoms with van der Waals surface area (Å²) in [4.78, 5) is 40.0. The van der Waals surface area contributed by atoms with Crippen molar-refractivity contribution >= 4 is 17.9 Å². The molecule has 8 heteroatoms. The second-order valence-corrected chi connectivity index (χ2v) is 6.96. The van der Waals surface area contributed by atoms with Gasteiger partial charge in [0.1, 0.15) is 6.04 Å². The fourth-order valence-electron chi connectivity index (χ4n) is 3.23. The Balaban J connectivity index is 1.73. The molecule has 8 nitrogen and oxygen atoms in total. The van der Waals surface area contributed by atoms with Crippen LogP contribution in [0.2, 0.25) is 0 Å². The van der Waals surface area contributed by atoms with Crippen LogP contribution in [0.1, 0.15) is 39.5 Å². The van der Waals surface area contributed by atoms with E-state index in [1.54, 1.807) is 23.6 Å². The van der Waals surface area contributed by atoms with Gasteiger partial charge in [0, 0.05) is 39.1 Å². The molecule has 0 bridgehead atoms. The minimum atomic E-state index is -1.08. The summed E-state index contributed by atoms with van der Waals surface area (Å²) in [5, 5.41) is 18.9. The zero-order chi connectivity index (χ0) is 17.9. The van der Waals surface area contributed by atoms with E-state index in [1.165, 1.54) is 0 Å². The Labute approximate surface area is 142 Å². The number of carboxylic acid groups (broad SMARTS) is 1. The van der Waals surface area contributed by atoms with Gasteiger partial charge >= 0.3 is 6.09 Å². The number of amides is 3. The van der Waals surface area contributed by atoms with Crippen molar-refractivity contribution in [1.82, 2.24) is 14.7 Å². The first-order chi connectivity index (χ1) is 11.2. The van der Waals surface area contributed by atoms with Crippen LogP contribution in [0.5, 0.6) is 0 Å². The zero-order valence-electron chi connectivity index (χ0n) is 14.4. The number of likely N-dealkylation sites (tertiary alicyclic amines) is 1. The van der Waals surface area contributed by atoms with E-state index in [-0.39, 0.29) is 11.8 Å². The van der Waals surface area contributed by atoms with Gasteiger partial charge < -0.3 is 20.0 Å². The largest absolute Gasteiger partial charge is 0.465 e. The van der Waals surface area contributed by atoms with Crippen LogP contribution in [-0.2, 0) is 9.59 Å². The maximum Gasteiger partial charge on any atom is 0.408 e. The van der Waals surface area contributed by atoms with Crippen molar-refractivity contribution in [3.63, 3.8) is 0 Å². The number of rotatable bonds is 4. The van der Waals surface area contributed by atoms with Gasteiger partial charge in [-0.05, 0) is 33.1 Å². The standard InChI is InChI=1S/C16H27N3O5/c1-12-14(21)18(10-11-19(12)15(22)23)7-3-4-13(20)17-8-5-16(2,24)6-9-17/h12,24H,3-11H2,1-2H3,(H,22,23). The average Bonchev–Trinajstić information content (AvgIpc) is 2.51. The monoisotopic (exact) mass is 341 g/mol. The third-order valence-electron chi connectivity index (χ3n) is 5.01. The molecule has 2 heterocycles. The maximum atomic E-state index is 12.2. The molecule has 1 unspecified atom stereocenters. The predicted octanol–water partition coefficient (Wildman–Crippen LogP) is 0.351. The number of piperazine rings is 1. The highest BCUT2D eigenvalue weighted by atomic mass is 16.4. The quantitative estimate of drug-likeness (QED) is 0.768. The highest BCUT2D eigenvalue weighted by molar-refractivity contribution is 5.86. The molecule has 2 fully saturated rings. The molecule has 0 spiro atoms. The molecule has 2 saturated heterocycles. The van der Waals surface area contributed by atoms with E-state index >= 15 is 0 Å². The van der Waals surface area contributed by atoms with Gasteiger partial charge in [0.05, 0.1) is 5.60 Å². The van der Waals surface area contributed by atoms with Gasteiger partial charge in [-0.2, -0.15) is 0 Å². The van der Waals surface area contributed by atoms with Gasteiger partial charge in [0.25, 0.3) is 0 Å². The molecule has 1 atom stereocenters. The summed E-state index contributed by atoms with van der Waals surface area (Å²) in [5.41, 5.74) is -0.677. The lowest BCUT2D eigenvalue weighted by molar-refractivity contribution is -0.141. The average molecular weight is 341 g/mol. The number of hydrogen-bond donors (Lipinski definition) is 2. The molecule has 2 aliphatic rings. The number of carbonyl (C=O) groups excluding carboxylic acids is 2. The summed E-state index contributed by atoms with van der Waals surface area (Å²) >= 11 is 0. The van der Waals surface area contributed by atoms with E-state index in [1.807, 2.05) is 0 Å². The summed E-state index contributed by atoms with van der Waals surface area (Å²) in [6.07, 6.45) is 1.03. The fraction of sp³-hybridized carbons (Fsp3) is 0.812. The summed E-state index contributed by atoms with van der Waals surface area (Å²) in [6, 6.07) is -0.670. The van der Waals surface area contributed by atoms with Crippen molar-refractivity contribution in [1.29, 1.82) is 0 Å². The highest BCUT2D eigenvalue weighted by Crippen LogP contribution is 2.21. The van der Waals surface area contributed by atoms with Crippen molar-refractivity contribution < 1.29 is 24.6 Å². The number of piperidine rings is 1. The predicted molar refractivity (Wildman–Crippen MR) is 86.4 cm³/mol. The van der Waals surface area contributed by atoms with Gasteiger partial charge in [-0.1, -0.05) is 0 Å². The summed E-state index contributed by atoms with van der Waals surface area (Å²) < 4.78 is 0. The normalized spacial score (nSPS) is 24.2. The van der Waals surface area contributed by atoms with E-state index < -0.39 is 17.7 Å². The maximum absolute atomic E-state index is 12.2. The third kappa shape index (κ3) is 4.37. The topological polar surface area (TPSA) is 101 Å². The molecule has 136 valence electrons. The highest BCUT2D eigenvalue weighted by Gasteiger charge is 2.34. The van der Waals surface area contributed by atoms with Crippen molar-refractivity contribution in [3.8, 4) is 0 Å². The zero-order valence-corrected chi connectivity index (χ0v) is 14.4. The first-order valence-electron chi connectivity index (χ1n) is 8.50. The van der Waals surface area contributed by atoms with Crippen LogP contribution in [0.25, 0.3) is 0 Å². The molecule has 0 aromatic rings. The number of carbonyl (C=O) groups is 3. The third-order valence-corrected chi connectivity index (χ3v) is 5.01. The Kier molecular flexibility index (Phi) is 5.69. The Morgan fingerprint density at radius 1 is 1.21 bits per heavy atom. The molecule has 2 rings (SSSR count). The van der Waals surface area contributed by atoms with Crippen LogP contribution in [0.3, 0.4) is 0 Å². The van der Waals surface area contributed by atoms with Crippen molar-refractivity contribution in [2.45, 2.75) is 51.2 Å². The molecule has 0 aliphatic carbocycles. The molecular formula is C16H27N3O5. The van der Waals surface area contributed by atoms with Gasteiger partial charge in [-0.25, -0.2) is 4.79 Å². The smallest absolute Gasteiger partial charge is 0.408 e. The Morgan fingerprint density at radius 2 is 1.83 bits per heavy atom. The molecule has 24 heavy (non-hydrogen) atoms. The van der Waals surface area contributed by atoms with Crippen molar-refractivity contribution in [2.24, 2.45) is 0 Å². The second-order valence-electron chi connectivity index (χ2n) is 6.96. The molecule has 0 aromatic carbocycles. The Morgan fingerprint density at radius 3 is 2.42 bits per heavy atom. The van der Waals surface area contributed by atoms with Crippen LogP contribution in [0, 0.1) is 0 Å². The Bertz CT molecular complexity index is 498. The van der Waals surface area contributed by atoms with Gasteiger partial charge in [0.2, 0.25) is 11.8 Å².